The van der Waals surface area contributed by atoms with Crippen LogP contribution in [0.1, 0.15) is 11.1 Å². The van der Waals surface area contributed by atoms with Gasteiger partial charge in [-0.05, 0) is 18.1 Å². The summed E-state index contributed by atoms with van der Waals surface area (Å²) in [6.07, 6.45) is 0.999. The van der Waals surface area contributed by atoms with E-state index in [9.17, 15) is 0 Å². The molecule has 6 heteroatoms. The van der Waals surface area contributed by atoms with Crippen molar-refractivity contribution >= 4 is 17.5 Å². The van der Waals surface area contributed by atoms with E-state index in [0.717, 1.165) is 30.8 Å². The van der Waals surface area contributed by atoms with E-state index in [4.69, 9.17) is 10.5 Å². The van der Waals surface area contributed by atoms with Gasteiger partial charge in [-0.25, -0.2) is 0 Å². The smallest absolute Gasteiger partial charge is 0.235 e. The zero-order chi connectivity index (χ0) is 14.2. The minimum absolute atomic E-state index is 0.494. The number of hydrogen-bond donors (Lipinski definition) is 2. The largest absolute Gasteiger partial charge is 0.476 e. The molecular weight excluding hydrogens is 266 g/mol. The number of anilines is 3. The lowest BCUT2D eigenvalue weighted by atomic mass is 10.2. The number of ether oxygens (including phenoxy) is 1. The van der Waals surface area contributed by atoms with Crippen LogP contribution in [0.25, 0.3) is 0 Å². The Bertz CT molecular complexity index is 688. The molecule has 0 atom stereocenters. The molecule has 0 spiro atoms. The summed E-state index contributed by atoms with van der Waals surface area (Å²) in [5.41, 5.74) is 9.43. The Balaban J connectivity index is 1.77. The van der Waals surface area contributed by atoms with Crippen molar-refractivity contribution < 1.29 is 4.74 Å². The number of nitrogens with one attached hydrogen (secondary N) is 1. The van der Waals surface area contributed by atoms with Crippen LogP contribution in [-0.4, -0.2) is 29.7 Å². The van der Waals surface area contributed by atoms with E-state index >= 15 is 0 Å². The van der Waals surface area contributed by atoms with E-state index in [1.54, 1.807) is 0 Å². The zero-order valence-electron chi connectivity index (χ0n) is 11.7. The molecule has 1 aromatic heterocycles. The van der Waals surface area contributed by atoms with Crippen LogP contribution in [0.4, 0.5) is 17.5 Å². The predicted octanol–water partition coefficient (Wildman–Crippen LogP) is 1.23. The number of hydrogen-bond acceptors (Lipinski definition) is 6. The molecule has 21 heavy (non-hydrogen) atoms. The van der Waals surface area contributed by atoms with Crippen molar-refractivity contribution in [1.29, 1.82) is 0 Å². The van der Waals surface area contributed by atoms with Gasteiger partial charge in [-0.15, -0.1) is 0 Å². The van der Waals surface area contributed by atoms with Gasteiger partial charge in [0.25, 0.3) is 0 Å². The maximum Gasteiger partial charge on any atom is 0.235 e. The summed E-state index contributed by atoms with van der Waals surface area (Å²) in [5, 5.41) is 3.25. The summed E-state index contributed by atoms with van der Waals surface area (Å²) in [5.74, 6) is 1.72. The number of nitrogens with two attached hydrogens (primary N) is 1. The molecule has 6 nitrogen and oxygen atoms in total. The molecule has 0 amide bonds. The summed E-state index contributed by atoms with van der Waals surface area (Å²) in [6.45, 7) is 2.91. The highest BCUT2D eigenvalue weighted by Crippen LogP contribution is 2.34. The molecule has 0 radical (unpaired) electrons. The van der Waals surface area contributed by atoms with Crippen molar-refractivity contribution in [2.45, 2.75) is 13.0 Å². The Kier molecular flexibility index (Phi) is 2.89. The number of benzene rings is 1. The molecule has 4 rings (SSSR count). The van der Waals surface area contributed by atoms with Gasteiger partial charge in [-0.3, -0.25) is 0 Å². The fourth-order valence-electron chi connectivity index (χ4n) is 2.85. The van der Waals surface area contributed by atoms with Crippen LogP contribution >= 0.6 is 0 Å². The number of aromatic nitrogens is 2. The SMILES string of the molecule is Nc1nc(N2CCc3ccccc32)nc2c1CNCCO2. The van der Waals surface area contributed by atoms with Crippen LogP contribution < -0.4 is 20.7 Å². The van der Waals surface area contributed by atoms with Gasteiger partial charge in [0.1, 0.15) is 12.4 Å². The van der Waals surface area contributed by atoms with Crippen molar-refractivity contribution in [2.75, 3.05) is 30.3 Å². The van der Waals surface area contributed by atoms with Crippen molar-refractivity contribution in [3.8, 4) is 5.88 Å². The fraction of sp³-hybridized carbons (Fsp3) is 0.333. The lowest BCUT2D eigenvalue weighted by Crippen LogP contribution is -2.19. The molecule has 3 heterocycles. The summed E-state index contributed by atoms with van der Waals surface area (Å²) in [4.78, 5) is 11.2. The second-order valence-electron chi connectivity index (χ2n) is 5.25. The molecule has 3 N–H and O–H groups in total. The average molecular weight is 283 g/mol. The Morgan fingerprint density at radius 3 is 3.10 bits per heavy atom. The van der Waals surface area contributed by atoms with E-state index in [2.05, 4.69) is 38.4 Å². The molecule has 1 aromatic carbocycles. The van der Waals surface area contributed by atoms with E-state index in [-0.39, 0.29) is 0 Å². The minimum Gasteiger partial charge on any atom is -0.476 e. The first-order chi connectivity index (χ1) is 10.3. The van der Waals surface area contributed by atoms with Gasteiger partial charge in [-0.1, -0.05) is 18.2 Å². The fourth-order valence-corrected chi connectivity index (χ4v) is 2.85. The molecule has 0 aliphatic carbocycles. The maximum absolute atomic E-state index is 6.10. The lowest BCUT2D eigenvalue weighted by Gasteiger charge is -2.19. The zero-order valence-corrected chi connectivity index (χ0v) is 11.7. The third-order valence-electron chi connectivity index (χ3n) is 3.94. The second-order valence-corrected chi connectivity index (χ2v) is 5.25. The Morgan fingerprint density at radius 2 is 2.14 bits per heavy atom. The third kappa shape index (κ3) is 2.08. The summed E-state index contributed by atoms with van der Waals surface area (Å²) >= 11 is 0. The number of nitrogens with zero attached hydrogens (tertiary/aromatic N) is 3. The number of rotatable bonds is 1. The van der Waals surface area contributed by atoms with Crippen LogP contribution in [-0.2, 0) is 13.0 Å². The summed E-state index contributed by atoms with van der Waals surface area (Å²) in [6, 6.07) is 8.33. The Morgan fingerprint density at radius 1 is 1.24 bits per heavy atom. The first kappa shape index (κ1) is 12.4. The van der Waals surface area contributed by atoms with Crippen molar-refractivity contribution in [2.24, 2.45) is 0 Å². The quantitative estimate of drug-likeness (QED) is 0.820. The van der Waals surface area contributed by atoms with Crippen LogP contribution in [0.2, 0.25) is 0 Å². The topological polar surface area (TPSA) is 76.3 Å². The molecule has 0 fully saturated rings. The summed E-state index contributed by atoms with van der Waals surface area (Å²) < 4.78 is 5.70. The van der Waals surface area contributed by atoms with Gasteiger partial charge in [0.05, 0.1) is 5.56 Å². The molecule has 0 saturated heterocycles. The molecule has 2 aromatic rings. The number of nitrogen functional groups attached to an aromatic ring is 1. The standard InChI is InChI=1S/C15H17N5O/c16-13-11-9-17-6-8-21-14(11)19-15(18-13)20-7-5-10-3-1-2-4-12(10)20/h1-4,17H,5-9H2,(H2,16,18,19). The third-order valence-corrected chi connectivity index (χ3v) is 3.94. The maximum atomic E-state index is 6.10. The first-order valence-electron chi connectivity index (χ1n) is 7.18. The highest BCUT2D eigenvalue weighted by atomic mass is 16.5. The molecule has 108 valence electrons. The van der Waals surface area contributed by atoms with Gasteiger partial charge >= 0.3 is 0 Å². The van der Waals surface area contributed by atoms with Crippen LogP contribution in [0, 0.1) is 0 Å². The Labute approximate surface area is 123 Å². The number of fused-ring (bicyclic) bond motifs is 2. The molecule has 0 bridgehead atoms. The van der Waals surface area contributed by atoms with Crippen LogP contribution in [0.3, 0.4) is 0 Å². The Hall–Kier alpha value is -2.34. The molecule has 0 unspecified atom stereocenters. The summed E-state index contributed by atoms with van der Waals surface area (Å²) in [7, 11) is 0. The highest BCUT2D eigenvalue weighted by molar-refractivity contribution is 5.67. The predicted molar refractivity (Wildman–Crippen MR) is 80.8 cm³/mol. The molecule has 2 aliphatic rings. The normalized spacial score (nSPS) is 16.9. The second kappa shape index (κ2) is 4.89. The molecule has 0 saturated carbocycles. The van der Waals surface area contributed by atoms with Gasteiger partial charge in [-0.2, -0.15) is 9.97 Å². The lowest BCUT2D eigenvalue weighted by molar-refractivity contribution is 0.314. The monoisotopic (exact) mass is 283 g/mol. The van der Waals surface area contributed by atoms with Crippen molar-refractivity contribution in [3.05, 3.63) is 35.4 Å². The van der Waals surface area contributed by atoms with E-state index < -0.39 is 0 Å². The molecule has 2 aliphatic heterocycles. The van der Waals surface area contributed by atoms with E-state index in [1.165, 1.54) is 5.56 Å². The molecular formula is C15H17N5O. The van der Waals surface area contributed by atoms with Crippen molar-refractivity contribution in [3.63, 3.8) is 0 Å². The van der Waals surface area contributed by atoms with Crippen LogP contribution in [0.15, 0.2) is 24.3 Å². The minimum atomic E-state index is 0.494. The van der Waals surface area contributed by atoms with Crippen LogP contribution in [0.5, 0.6) is 5.88 Å². The van der Waals surface area contributed by atoms with E-state index in [0.29, 0.717) is 30.8 Å². The van der Waals surface area contributed by atoms with Crippen molar-refractivity contribution in [1.82, 2.24) is 15.3 Å². The van der Waals surface area contributed by atoms with Gasteiger partial charge < -0.3 is 20.7 Å². The highest BCUT2D eigenvalue weighted by Gasteiger charge is 2.25. The van der Waals surface area contributed by atoms with E-state index in [1.807, 2.05) is 6.07 Å². The first-order valence-corrected chi connectivity index (χ1v) is 7.18. The average Bonchev–Trinajstić information content (AvgIpc) is 2.78. The number of para-hydroxylation sites is 1. The van der Waals surface area contributed by atoms with Gasteiger partial charge in [0.2, 0.25) is 11.8 Å². The van der Waals surface area contributed by atoms with Gasteiger partial charge in [0.15, 0.2) is 0 Å². The van der Waals surface area contributed by atoms with Gasteiger partial charge in [0, 0.05) is 25.3 Å².